The van der Waals surface area contributed by atoms with Gasteiger partial charge >= 0.3 is 0 Å². The van der Waals surface area contributed by atoms with Crippen LogP contribution in [0.5, 0.6) is 0 Å². The number of rotatable bonds is 5. The average Bonchev–Trinajstić information content (AvgIpc) is 2.53. The van der Waals surface area contributed by atoms with Crippen LogP contribution >= 0.6 is 0 Å². The molecule has 1 aromatic carbocycles. The zero-order chi connectivity index (χ0) is 15.9. The molecule has 0 aliphatic carbocycles. The highest BCUT2D eigenvalue weighted by Gasteiger charge is 2.21. The molecule has 2 rings (SSSR count). The monoisotopic (exact) mass is 307 g/mol. The molecule has 0 atom stereocenters. The standard InChI is InChI=1S/C16H22FN3O2/c1-13(21)19-8-10-20(11-9-19)16(22)6-7-18-12-14-2-4-15(17)5-3-14/h2-5,18H,6-12H2,1H3. The summed E-state index contributed by atoms with van der Waals surface area (Å²) in [6.07, 6.45) is 0.432. The van der Waals surface area contributed by atoms with E-state index in [2.05, 4.69) is 5.32 Å². The lowest BCUT2D eigenvalue weighted by Crippen LogP contribution is -2.50. The molecule has 0 saturated carbocycles. The van der Waals surface area contributed by atoms with E-state index in [-0.39, 0.29) is 17.6 Å². The summed E-state index contributed by atoms with van der Waals surface area (Å²) < 4.78 is 12.8. The molecule has 1 N–H and O–H groups in total. The molecule has 0 aromatic heterocycles. The third-order valence-electron chi connectivity index (χ3n) is 3.84. The lowest BCUT2D eigenvalue weighted by atomic mass is 10.2. The number of carbonyl (C=O) groups excluding carboxylic acids is 2. The van der Waals surface area contributed by atoms with Crippen LogP contribution < -0.4 is 5.32 Å². The molecule has 6 heteroatoms. The number of benzene rings is 1. The predicted octanol–water partition coefficient (Wildman–Crippen LogP) is 0.996. The van der Waals surface area contributed by atoms with E-state index in [0.717, 1.165) is 5.56 Å². The van der Waals surface area contributed by atoms with Crippen molar-refractivity contribution in [1.82, 2.24) is 15.1 Å². The van der Waals surface area contributed by atoms with E-state index in [1.54, 1.807) is 28.9 Å². The van der Waals surface area contributed by atoms with Gasteiger partial charge in [-0.15, -0.1) is 0 Å². The Morgan fingerprint density at radius 2 is 1.68 bits per heavy atom. The maximum Gasteiger partial charge on any atom is 0.223 e. The number of piperazine rings is 1. The Morgan fingerprint density at radius 1 is 1.09 bits per heavy atom. The zero-order valence-corrected chi connectivity index (χ0v) is 12.8. The van der Waals surface area contributed by atoms with Gasteiger partial charge in [-0.05, 0) is 17.7 Å². The lowest BCUT2D eigenvalue weighted by molar-refractivity contribution is -0.138. The molecule has 1 fully saturated rings. The first-order valence-electron chi connectivity index (χ1n) is 7.54. The van der Waals surface area contributed by atoms with Crippen molar-refractivity contribution in [2.45, 2.75) is 19.9 Å². The van der Waals surface area contributed by atoms with Crippen molar-refractivity contribution in [1.29, 1.82) is 0 Å². The zero-order valence-electron chi connectivity index (χ0n) is 12.8. The summed E-state index contributed by atoms with van der Waals surface area (Å²) in [4.78, 5) is 26.9. The van der Waals surface area contributed by atoms with Crippen molar-refractivity contribution in [3.8, 4) is 0 Å². The van der Waals surface area contributed by atoms with E-state index in [0.29, 0.717) is 45.7 Å². The van der Waals surface area contributed by atoms with Gasteiger partial charge in [0.2, 0.25) is 11.8 Å². The summed E-state index contributed by atoms with van der Waals surface area (Å²) in [5.41, 5.74) is 0.990. The molecule has 1 aromatic rings. The van der Waals surface area contributed by atoms with Gasteiger partial charge in [0, 0.05) is 52.6 Å². The average molecular weight is 307 g/mol. The summed E-state index contributed by atoms with van der Waals surface area (Å²) in [5.74, 6) is -0.0773. The first-order valence-corrected chi connectivity index (χ1v) is 7.54. The second kappa shape index (κ2) is 7.89. The summed E-state index contributed by atoms with van der Waals surface area (Å²) in [6, 6.07) is 6.31. The van der Waals surface area contributed by atoms with Crippen LogP contribution in [0.3, 0.4) is 0 Å². The molecule has 5 nitrogen and oxygen atoms in total. The minimum absolute atomic E-state index is 0.0630. The molecule has 0 radical (unpaired) electrons. The van der Waals surface area contributed by atoms with E-state index in [1.807, 2.05) is 0 Å². The molecule has 0 bridgehead atoms. The first-order chi connectivity index (χ1) is 10.6. The molecular weight excluding hydrogens is 285 g/mol. The van der Waals surface area contributed by atoms with Crippen molar-refractivity contribution in [2.24, 2.45) is 0 Å². The Balaban J connectivity index is 1.64. The third kappa shape index (κ3) is 4.80. The van der Waals surface area contributed by atoms with Gasteiger partial charge in [0.05, 0.1) is 0 Å². The van der Waals surface area contributed by atoms with Crippen LogP contribution in [-0.4, -0.2) is 54.3 Å². The Kier molecular flexibility index (Phi) is 5.89. The van der Waals surface area contributed by atoms with Crippen LogP contribution in [0.2, 0.25) is 0 Å². The topological polar surface area (TPSA) is 52.7 Å². The second-order valence-corrected chi connectivity index (χ2v) is 5.44. The van der Waals surface area contributed by atoms with Gasteiger partial charge in [0.25, 0.3) is 0 Å². The van der Waals surface area contributed by atoms with Gasteiger partial charge < -0.3 is 15.1 Å². The largest absolute Gasteiger partial charge is 0.339 e. The highest BCUT2D eigenvalue weighted by atomic mass is 19.1. The highest BCUT2D eigenvalue weighted by molar-refractivity contribution is 5.77. The van der Waals surface area contributed by atoms with Gasteiger partial charge in [-0.25, -0.2) is 4.39 Å². The molecule has 1 aliphatic rings. The maximum absolute atomic E-state index is 12.8. The van der Waals surface area contributed by atoms with Crippen LogP contribution in [0.4, 0.5) is 4.39 Å². The molecule has 2 amide bonds. The summed E-state index contributed by atoms with van der Waals surface area (Å²) in [5, 5.41) is 3.18. The van der Waals surface area contributed by atoms with Gasteiger partial charge in [-0.1, -0.05) is 12.1 Å². The third-order valence-corrected chi connectivity index (χ3v) is 3.84. The number of carbonyl (C=O) groups is 2. The fourth-order valence-corrected chi connectivity index (χ4v) is 2.46. The number of hydrogen-bond acceptors (Lipinski definition) is 3. The predicted molar refractivity (Wildman–Crippen MR) is 81.6 cm³/mol. The lowest BCUT2D eigenvalue weighted by Gasteiger charge is -2.34. The number of nitrogens with zero attached hydrogens (tertiary/aromatic N) is 2. The van der Waals surface area contributed by atoms with Crippen molar-refractivity contribution < 1.29 is 14.0 Å². The molecule has 0 unspecified atom stereocenters. The van der Waals surface area contributed by atoms with E-state index < -0.39 is 0 Å². The quantitative estimate of drug-likeness (QED) is 0.826. The minimum Gasteiger partial charge on any atom is -0.339 e. The number of halogens is 1. The van der Waals surface area contributed by atoms with Gasteiger partial charge in [-0.2, -0.15) is 0 Å². The maximum atomic E-state index is 12.8. The first kappa shape index (κ1) is 16.4. The van der Waals surface area contributed by atoms with Gasteiger partial charge in [0.15, 0.2) is 0 Å². The Labute approximate surface area is 130 Å². The van der Waals surface area contributed by atoms with E-state index in [1.165, 1.54) is 12.1 Å². The van der Waals surface area contributed by atoms with Crippen molar-refractivity contribution in [3.05, 3.63) is 35.6 Å². The van der Waals surface area contributed by atoms with Gasteiger partial charge in [0.1, 0.15) is 5.82 Å². The molecule has 1 saturated heterocycles. The SMILES string of the molecule is CC(=O)N1CCN(C(=O)CCNCc2ccc(F)cc2)CC1. The minimum atomic E-state index is -0.247. The van der Waals surface area contributed by atoms with Crippen molar-refractivity contribution >= 4 is 11.8 Å². The number of hydrogen-bond donors (Lipinski definition) is 1. The Bertz CT molecular complexity index is 511. The fraction of sp³-hybridized carbons (Fsp3) is 0.500. The molecule has 0 spiro atoms. The Hall–Kier alpha value is -1.95. The molecule has 120 valence electrons. The fourth-order valence-electron chi connectivity index (χ4n) is 2.46. The van der Waals surface area contributed by atoms with Gasteiger partial charge in [-0.3, -0.25) is 9.59 Å². The summed E-state index contributed by atoms with van der Waals surface area (Å²) >= 11 is 0. The second-order valence-electron chi connectivity index (χ2n) is 5.44. The molecule has 22 heavy (non-hydrogen) atoms. The van der Waals surface area contributed by atoms with E-state index in [4.69, 9.17) is 0 Å². The molecular formula is C16H22FN3O2. The molecule has 1 aliphatic heterocycles. The van der Waals surface area contributed by atoms with E-state index in [9.17, 15) is 14.0 Å². The van der Waals surface area contributed by atoms with Crippen LogP contribution in [0.15, 0.2) is 24.3 Å². The van der Waals surface area contributed by atoms with Crippen LogP contribution in [0, 0.1) is 5.82 Å². The van der Waals surface area contributed by atoms with Crippen LogP contribution in [0.1, 0.15) is 18.9 Å². The number of nitrogens with one attached hydrogen (secondary N) is 1. The van der Waals surface area contributed by atoms with Crippen LogP contribution in [-0.2, 0) is 16.1 Å². The van der Waals surface area contributed by atoms with E-state index >= 15 is 0 Å². The van der Waals surface area contributed by atoms with Crippen molar-refractivity contribution in [2.75, 3.05) is 32.7 Å². The molecule has 1 heterocycles. The summed E-state index contributed by atoms with van der Waals surface area (Å²) in [7, 11) is 0. The Morgan fingerprint density at radius 3 is 2.27 bits per heavy atom. The van der Waals surface area contributed by atoms with Crippen LogP contribution in [0.25, 0.3) is 0 Å². The number of amides is 2. The van der Waals surface area contributed by atoms with Crippen molar-refractivity contribution in [3.63, 3.8) is 0 Å². The normalized spacial score (nSPS) is 15.0. The highest BCUT2D eigenvalue weighted by Crippen LogP contribution is 2.05. The smallest absolute Gasteiger partial charge is 0.223 e. The summed E-state index contributed by atoms with van der Waals surface area (Å²) in [6.45, 7) is 5.20.